The maximum atomic E-state index is 6.21. The van der Waals surface area contributed by atoms with Gasteiger partial charge in [0.2, 0.25) is 5.22 Å². The van der Waals surface area contributed by atoms with Crippen LogP contribution in [0.4, 0.5) is 0 Å². The second-order valence-electron chi connectivity index (χ2n) is 7.65. The van der Waals surface area contributed by atoms with E-state index >= 15 is 0 Å². The second kappa shape index (κ2) is 7.17. The average Bonchev–Trinajstić information content (AvgIpc) is 3.20. The number of fused-ring (bicyclic) bond motifs is 3. The summed E-state index contributed by atoms with van der Waals surface area (Å²) in [6.45, 7) is 3.35. The minimum absolute atomic E-state index is 0.321. The van der Waals surface area contributed by atoms with Gasteiger partial charge in [-0.1, -0.05) is 11.6 Å². The Kier molecular flexibility index (Phi) is 4.65. The fraction of sp³-hybridized carbons (Fsp3) is 0.450. The summed E-state index contributed by atoms with van der Waals surface area (Å²) in [5.74, 6) is 3.45. The molecule has 1 N–H and O–H groups in total. The first kappa shape index (κ1) is 18.2. The molecule has 1 aromatic carbocycles. The smallest absolute Gasteiger partial charge is 0.216 e. The molecule has 0 radical (unpaired) electrons. The van der Waals surface area contributed by atoms with Gasteiger partial charge in [0, 0.05) is 23.4 Å². The predicted octanol–water partition coefficient (Wildman–Crippen LogP) is 4.92. The molecule has 6 nitrogen and oxygen atoms in total. The van der Waals surface area contributed by atoms with Crippen molar-refractivity contribution in [2.24, 2.45) is 0 Å². The van der Waals surface area contributed by atoms with Gasteiger partial charge in [-0.15, -0.1) is 10.2 Å². The Balaban J connectivity index is 1.42. The maximum absolute atomic E-state index is 6.21. The minimum atomic E-state index is 0.321. The molecule has 0 spiro atoms. The van der Waals surface area contributed by atoms with Crippen molar-refractivity contribution in [2.75, 3.05) is 0 Å². The van der Waals surface area contributed by atoms with Crippen molar-refractivity contribution in [3.05, 3.63) is 57.2 Å². The third-order valence-electron chi connectivity index (χ3n) is 5.83. The summed E-state index contributed by atoms with van der Waals surface area (Å²) in [4.78, 5) is 4.49. The lowest BCUT2D eigenvalue weighted by atomic mass is 9.81. The summed E-state index contributed by atoms with van der Waals surface area (Å²) < 4.78 is 7.87. The molecular weight excluding hydrogens is 397 g/mol. The number of aryl methyl sites for hydroxylation is 1. The molecule has 3 aromatic rings. The van der Waals surface area contributed by atoms with E-state index in [1.807, 2.05) is 19.1 Å². The number of oxazole rings is 1. The fourth-order valence-electron chi connectivity index (χ4n) is 4.37. The topological polar surface area (TPSA) is 68.8 Å². The first-order chi connectivity index (χ1) is 13.6. The molecule has 0 atom stereocenters. The van der Waals surface area contributed by atoms with E-state index in [0.717, 1.165) is 66.2 Å². The van der Waals surface area contributed by atoms with Crippen LogP contribution in [-0.4, -0.2) is 19.7 Å². The molecule has 1 saturated carbocycles. The van der Waals surface area contributed by atoms with Gasteiger partial charge in [-0.05, 0) is 68.0 Å². The van der Waals surface area contributed by atoms with Crippen LogP contribution in [0.15, 0.2) is 22.6 Å². The molecule has 1 aliphatic carbocycles. The predicted molar refractivity (Wildman–Crippen MR) is 107 cm³/mol. The number of nitrogens with one attached hydrogen (secondary N) is 1. The lowest BCUT2D eigenvalue weighted by molar-refractivity contribution is 0.331. The van der Waals surface area contributed by atoms with Crippen LogP contribution in [0.2, 0.25) is 10.2 Å². The quantitative estimate of drug-likeness (QED) is 0.640. The van der Waals surface area contributed by atoms with Crippen LogP contribution in [0.25, 0.3) is 5.69 Å². The zero-order chi connectivity index (χ0) is 19.3. The highest BCUT2D eigenvalue weighted by molar-refractivity contribution is 6.30. The summed E-state index contributed by atoms with van der Waals surface area (Å²) >= 11 is 12.3. The van der Waals surface area contributed by atoms with Gasteiger partial charge in [0.25, 0.3) is 0 Å². The Morgan fingerprint density at radius 3 is 2.61 bits per heavy atom. The van der Waals surface area contributed by atoms with Gasteiger partial charge in [-0.25, -0.2) is 4.98 Å². The van der Waals surface area contributed by atoms with Crippen molar-refractivity contribution >= 4 is 23.2 Å². The summed E-state index contributed by atoms with van der Waals surface area (Å²) in [7, 11) is 0. The Bertz CT molecular complexity index is 1000. The van der Waals surface area contributed by atoms with Crippen LogP contribution in [0, 0.1) is 6.92 Å². The highest BCUT2D eigenvalue weighted by Crippen LogP contribution is 2.41. The van der Waals surface area contributed by atoms with E-state index < -0.39 is 0 Å². The van der Waals surface area contributed by atoms with E-state index in [2.05, 4.69) is 31.1 Å². The van der Waals surface area contributed by atoms with E-state index in [-0.39, 0.29) is 0 Å². The van der Waals surface area contributed by atoms with Crippen molar-refractivity contribution < 1.29 is 4.42 Å². The summed E-state index contributed by atoms with van der Waals surface area (Å²) in [5.41, 5.74) is 3.07. The summed E-state index contributed by atoms with van der Waals surface area (Å²) in [6.07, 6.45) is 4.07. The SMILES string of the molecule is Cc1nc([C@H]2CC[C@H](c3nnc4n3-c3ccc(Cl)cc3CNC4)CC2)oc1Cl. The summed E-state index contributed by atoms with van der Waals surface area (Å²) in [5, 5.41) is 13.6. The largest absolute Gasteiger partial charge is 0.429 e. The Morgan fingerprint density at radius 2 is 1.86 bits per heavy atom. The van der Waals surface area contributed by atoms with Crippen molar-refractivity contribution in [1.29, 1.82) is 0 Å². The molecule has 2 aliphatic rings. The van der Waals surface area contributed by atoms with Crippen molar-refractivity contribution in [1.82, 2.24) is 25.1 Å². The number of hydrogen-bond donors (Lipinski definition) is 1. The van der Waals surface area contributed by atoms with Crippen LogP contribution < -0.4 is 5.32 Å². The fourth-order valence-corrected chi connectivity index (χ4v) is 4.68. The standard InChI is InChI=1S/C20H21Cl2N5O/c1-11-18(22)28-20(24-11)13-4-2-12(3-5-13)19-26-25-17-10-23-9-14-8-15(21)6-7-16(14)27(17)19/h6-8,12-13,23H,2-5,9-10H2,1H3/t12-,13-. The zero-order valence-electron chi connectivity index (χ0n) is 15.6. The molecule has 0 amide bonds. The highest BCUT2D eigenvalue weighted by atomic mass is 35.5. The van der Waals surface area contributed by atoms with Crippen molar-refractivity contribution in [2.45, 2.75) is 57.5 Å². The van der Waals surface area contributed by atoms with Gasteiger partial charge in [0.1, 0.15) is 5.82 Å². The molecule has 5 rings (SSSR count). The minimum Gasteiger partial charge on any atom is -0.429 e. The van der Waals surface area contributed by atoms with Crippen LogP contribution in [0.1, 0.15) is 66.3 Å². The van der Waals surface area contributed by atoms with Crippen molar-refractivity contribution in [3.8, 4) is 5.69 Å². The molecule has 146 valence electrons. The van der Waals surface area contributed by atoms with Crippen LogP contribution >= 0.6 is 23.2 Å². The molecule has 28 heavy (non-hydrogen) atoms. The molecule has 1 aliphatic heterocycles. The zero-order valence-corrected chi connectivity index (χ0v) is 17.1. The molecule has 0 saturated heterocycles. The Labute approximate surface area is 173 Å². The molecule has 1 fully saturated rings. The highest BCUT2D eigenvalue weighted by Gasteiger charge is 2.31. The van der Waals surface area contributed by atoms with Gasteiger partial charge >= 0.3 is 0 Å². The van der Waals surface area contributed by atoms with Crippen LogP contribution in [0.5, 0.6) is 0 Å². The molecular formula is C20H21Cl2N5O. The van der Waals surface area contributed by atoms with E-state index in [1.165, 1.54) is 5.56 Å². The van der Waals surface area contributed by atoms with E-state index in [9.17, 15) is 0 Å². The Hall–Kier alpha value is -1.89. The molecule has 8 heteroatoms. The number of hydrogen-bond acceptors (Lipinski definition) is 5. The van der Waals surface area contributed by atoms with E-state index in [1.54, 1.807) is 0 Å². The molecule has 3 heterocycles. The first-order valence-corrected chi connectivity index (χ1v) is 10.4. The van der Waals surface area contributed by atoms with Crippen LogP contribution in [-0.2, 0) is 13.1 Å². The van der Waals surface area contributed by atoms with Gasteiger partial charge in [0.05, 0.1) is 17.9 Å². The Morgan fingerprint density at radius 1 is 1.07 bits per heavy atom. The van der Waals surface area contributed by atoms with Gasteiger partial charge in [-0.3, -0.25) is 4.57 Å². The molecule has 2 aromatic heterocycles. The number of aromatic nitrogens is 4. The van der Waals surface area contributed by atoms with Gasteiger partial charge in [0.15, 0.2) is 11.7 Å². The van der Waals surface area contributed by atoms with Gasteiger partial charge < -0.3 is 9.73 Å². The second-order valence-corrected chi connectivity index (χ2v) is 8.43. The third-order valence-corrected chi connectivity index (χ3v) is 6.42. The maximum Gasteiger partial charge on any atom is 0.216 e. The van der Waals surface area contributed by atoms with Crippen LogP contribution in [0.3, 0.4) is 0 Å². The van der Waals surface area contributed by atoms with Gasteiger partial charge in [-0.2, -0.15) is 0 Å². The number of rotatable bonds is 2. The van der Waals surface area contributed by atoms with E-state index in [4.69, 9.17) is 27.6 Å². The number of benzene rings is 1. The average molecular weight is 418 g/mol. The molecule has 0 unspecified atom stereocenters. The van der Waals surface area contributed by atoms with E-state index in [0.29, 0.717) is 23.6 Å². The lowest BCUT2D eigenvalue weighted by Crippen LogP contribution is -2.17. The monoisotopic (exact) mass is 417 g/mol. The summed E-state index contributed by atoms with van der Waals surface area (Å²) in [6, 6.07) is 6.03. The first-order valence-electron chi connectivity index (χ1n) is 9.66. The lowest BCUT2D eigenvalue weighted by Gasteiger charge is -2.26. The third kappa shape index (κ3) is 3.13. The number of halogens is 2. The molecule has 0 bridgehead atoms. The van der Waals surface area contributed by atoms with Crippen molar-refractivity contribution in [3.63, 3.8) is 0 Å². The normalized spacial score (nSPS) is 21.8. The number of nitrogens with zero attached hydrogens (tertiary/aromatic N) is 4.